The molecule has 0 aliphatic heterocycles. The maximum Gasteiger partial charge on any atom is 0.271 e. The highest BCUT2D eigenvalue weighted by molar-refractivity contribution is 8.01. The number of nitrogens with one attached hydrogen (secondary N) is 1. The molecule has 0 aliphatic rings. The Morgan fingerprint density at radius 3 is 2.69 bits per heavy atom. The third-order valence-corrected chi connectivity index (χ3v) is 7.72. The van der Waals surface area contributed by atoms with Crippen LogP contribution in [0.25, 0.3) is 31.9 Å². The number of thiophene rings is 2. The molecular formula is C21H21N2S3+. The third kappa shape index (κ3) is 3.39. The van der Waals surface area contributed by atoms with Gasteiger partial charge in [-0.05, 0) is 29.2 Å². The fourth-order valence-electron chi connectivity index (χ4n) is 2.98. The van der Waals surface area contributed by atoms with E-state index in [4.69, 9.17) is 5.73 Å². The highest BCUT2D eigenvalue weighted by Gasteiger charge is 2.22. The van der Waals surface area contributed by atoms with Crippen molar-refractivity contribution in [3.63, 3.8) is 0 Å². The van der Waals surface area contributed by atoms with Gasteiger partial charge in [0.05, 0.1) is 20.2 Å². The zero-order valence-corrected chi connectivity index (χ0v) is 17.1. The van der Waals surface area contributed by atoms with E-state index in [0.29, 0.717) is 0 Å². The summed E-state index contributed by atoms with van der Waals surface area (Å²) in [6, 6.07) is 17.0. The van der Waals surface area contributed by atoms with Crippen LogP contribution >= 0.6 is 34.4 Å². The topological polar surface area (TPSA) is 40.2 Å². The Kier molecular flexibility index (Phi) is 5.29. The van der Waals surface area contributed by atoms with E-state index in [0.717, 1.165) is 27.4 Å². The summed E-state index contributed by atoms with van der Waals surface area (Å²) in [4.78, 5) is 6.03. The summed E-state index contributed by atoms with van der Waals surface area (Å²) < 4.78 is 1.23. The lowest BCUT2D eigenvalue weighted by molar-refractivity contribution is -0.327. The summed E-state index contributed by atoms with van der Waals surface area (Å²) in [5.41, 5.74) is 11.1. The second-order valence-electron chi connectivity index (χ2n) is 6.15. The number of aromatic amines is 1. The summed E-state index contributed by atoms with van der Waals surface area (Å²) in [5.74, 6) is 1.12. The molecule has 0 fully saturated rings. The largest absolute Gasteiger partial charge is 0.396 e. The summed E-state index contributed by atoms with van der Waals surface area (Å²) in [6.07, 6.45) is 2.43. The van der Waals surface area contributed by atoms with E-state index in [1.54, 1.807) is 22.7 Å². The SMILES string of the molecule is CCCCSc1sc2[nH+]c(-c3cccs3)cc(-c3ccccc3)c2c1N. The lowest BCUT2D eigenvalue weighted by Gasteiger charge is -2.04. The van der Waals surface area contributed by atoms with Crippen LogP contribution in [0.5, 0.6) is 0 Å². The molecule has 26 heavy (non-hydrogen) atoms. The van der Waals surface area contributed by atoms with Crippen LogP contribution in [-0.2, 0) is 0 Å². The number of pyridine rings is 1. The van der Waals surface area contributed by atoms with E-state index in [1.165, 1.54) is 33.1 Å². The van der Waals surface area contributed by atoms with Gasteiger partial charge in [0.1, 0.15) is 0 Å². The highest BCUT2D eigenvalue weighted by atomic mass is 32.2. The van der Waals surface area contributed by atoms with E-state index in [2.05, 4.69) is 65.8 Å². The number of anilines is 1. The van der Waals surface area contributed by atoms with Crippen molar-refractivity contribution >= 4 is 50.3 Å². The van der Waals surface area contributed by atoms with Crippen LogP contribution in [0, 0.1) is 0 Å². The smallest absolute Gasteiger partial charge is 0.271 e. The highest BCUT2D eigenvalue weighted by Crippen LogP contribution is 2.44. The Balaban J connectivity index is 1.90. The van der Waals surface area contributed by atoms with Crippen LogP contribution < -0.4 is 10.7 Å². The number of aromatic nitrogens is 1. The van der Waals surface area contributed by atoms with Gasteiger partial charge in [-0.25, -0.2) is 0 Å². The van der Waals surface area contributed by atoms with Crippen LogP contribution in [0.2, 0.25) is 0 Å². The summed E-state index contributed by atoms with van der Waals surface area (Å²) in [6.45, 7) is 2.23. The zero-order valence-electron chi connectivity index (χ0n) is 14.6. The Morgan fingerprint density at radius 1 is 1.12 bits per heavy atom. The normalized spacial score (nSPS) is 11.3. The Morgan fingerprint density at radius 2 is 1.96 bits per heavy atom. The minimum Gasteiger partial charge on any atom is -0.396 e. The van der Waals surface area contributed by atoms with Gasteiger partial charge in [-0.3, -0.25) is 0 Å². The third-order valence-electron chi connectivity index (χ3n) is 4.32. The van der Waals surface area contributed by atoms with Gasteiger partial charge in [-0.1, -0.05) is 61.1 Å². The molecule has 5 heteroatoms. The van der Waals surface area contributed by atoms with Crippen molar-refractivity contribution in [3.05, 3.63) is 53.9 Å². The van der Waals surface area contributed by atoms with Gasteiger partial charge in [-0.15, -0.1) is 23.1 Å². The molecule has 3 heterocycles. The summed E-state index contributed by atoms with van der Waals surface area (Å²) in [7, 11) is 0. The molecule has 0 amide bonds. The molecule has 4 aromatic rings. The first-order valence-corrected chi connectivity index (χ1v) is 11.5. The number of benzene rings is 1. The molecule has 0 radical (unpaired) electrons. The van der Waals surface area contributed by atoms with E-state index in [-0.39, 0.29) is 0 Å². The van der Waals surface area contributed by atoms with Gasteiger partial charge in [-0.2, -0.15) is 4.98 Å². The van der Waals surface area contributed by atoms with E-state index < -0.39 is 0 Å². The number of thioether (sulfide) groups is 1. The molecule has 1 aromatic carbocycles. The monoisotopic (exact) mass is 397 g/mol. The average molecular weight is 398 g/mol. The molecule has 0 atom stereocenters. The number of nitrogen functional groups attached to an aromatic ring is 1. The molecule has 0 bridgehead atoms. The maximum atomic E-state index is 6.60. The fourth-order valence-corrected chi connectivity index (χ4v) is 6.17. The van der Waals surface area contributed by atoms with E-state index in [1.807, 2.05) is 11.8 Å². The first-order valence-electron chi connectivity index (χ1n) is 8.78. The predicted octanol–water partition coefficient (Wildman–Crippen LogP) is 6.59. The van der Waals surface area contributed by atoms with Crippen molar-refractivity contribution < 1.29 is 4.98 Å². The van der Waals surface area contributed by atoms with Crippen LogP contribution in [0.15, 0.2) is 58.1 Å². The number of rotatable bonds is 6. The quantitative estimate of drug-likeness (QED) is 0.295. The number of H-pyrrole nitrogens is 1. The molecule has 4 rings (SSSR count). The van der Waals surface area contributed by atoms with Gasteiger partial charge in [0, 0.05) is 11.6 Å². The summed E-state index contributed by atoms with van der Waals surface area (Å²) >= 11 is 5.42. The predicted molar refractivity (Wildman–Crippen MR) is 117 cm³/mol. The van der Waals surface area contributed by atoms with Gasteiger partial charge in [0.2, 0.25) is 5.69 Å². The number of nitrogens with two attached hydrogens (primary N) is 1. The number of fused-ring (bicyclic) bond motifs is 1. The van der Waals surface area contributed by atoms with Crippen LogP contribution in [0.1, 0.15) is 19.8 Å². The van der Waals surface area contributed by atoms with Crippen molar-refractivity contribution in [2.75, 3.05) is 11.5 Å². The van der Waals surface area contributed by atoms with Gasteiger partial charge >= 0.3 is 0 Å². The molecule has 0 aliphatic carbocycles. The minimum atomic E-state index is 0.916. The molecule has 0 saturated carbocycles. The second-order valence-corrected chi connectivity index (χ2v) is 9.48. The van der Waals surface area contributed by atoms with Crippen molar-refractivity contribution in [2.45, 2.75) is 24.0 Å². The number of unbranched alkanes of at least 4 members (excludes halogenated alkanes) is 1. The lowest BCUT2D eigenvalue weighted by Crippen LogP contribution is -2.06. The Hall–Kier alpha value is -1.82. The van der Waals surface area contributed by atoms with Gasteiger partial charge in [0.25, 0.3) is 4.83 Å². The van der Waals surface area contributed by atoms with Crippen molar-refractivity contribution in [2.24, 2.45) is 0 Å². The number of hydrogen-bond donors (Lipinski definition) is 1. The van der Waals surface area contributed by atoms with Gasteiger partial charge in [0.15, 0.2) is 0 Å². The Bertz CT molecular complexity index is 1000. The van der Waals surface area contributed by atoms with Gasteiger partial charge < -0.3 is 5.73 Å². The molecule has 0 unspecified atom stereocenters. The molecular weight excluding hydrogens is 376 g/mol. The van der Waals surface area contributed by atoms with Crippen LogP contribution in [-0.4, -0.2) is 5.75 Å². The van der Waals surface area contributed by atoms with Crippen molar-refractivity contribution in [1.82, 2.24) is 0 Å². The molecule has 0 saturated heterocycles. The first kappa shape index (κ1) is 17.6. The van der Waals surface area contributed by atoms with Crippen molar-refractivity contribution in [3.8, 4) is 21.7 Å². The van der Waals surface area contributed by atoms with E-state index in [9.17, 15) is 0 Å². The lowest BCUT2D eigenvalue weighted by atomic mass is 10.0. The first-order chi connectivity index (χ1) is 12.8. The number of hydrogen-bond acceptors (Lipinski definition) is 4. The standard InChI is InChI=1S/C21H20N2S3/c1-2-3-11-25-21-19(22)18-15(14-8-5-4-6-9-14)13-16(23-20(18)26-21)17-10-7-12-24-17/h4-10,12-13H,2-3,11,22H2,1H3/p+1. The maximum absolute atomic E-state index is 6.60. The molecule has 3 aromatic heterocycles. The summed E-state index contributed by atoms with van der Waals surface area (Å²) in [5, 5.41) is 3.27. The molecule has 3 N–H and O–H groups in total. The second kappa shape index (κ2) is 7.82. The minimum absolute atomic E-state index is 0.916. The van der Waals surface area contributed by atoms with Crippen LogP contribution in [0.3, 0.4) is 0 Å². The fraction of sp³-hybridized carbons (Fsp3) is 0.190. The zero-order chi connectivity index (χ0) is 17.9. The average Bonchev–Trinajstić information content (AvgIpc) is 3.31. The molecule has 2 nitrogen and oxygen atoms in total. The van der Waals surface area contributed by atoms with E-state index >= 15 is 0 Å². The molecule has 132 valence electrons. The van der Waals surface area contributed by atoms with Crippen molar-refractivity contribution in [1.29, 1.82) is 0 Å². The van der Waals surface area contributed by atoms with Crippen LogP contribution in [0.4, 0.5) is 5.69 Å². The Labute approximate surface area is 166 Å². The molecule has 0 spiro atoms.